The molecule has 1 fully saturated rings. The summed E-state index contributed by atoms with van der Waals surface area (Å²) in [7, 11) is 2.08. The normalized spacial score (nSPS) is 15.7. The van der Waals surface area contributed by atoms with Crippen molar-refractivity contribution in [2.75, 3.05) is 33.2 Å². The van der Waals surface area contributed by atoms with Gasteiger partial charge in [0.15, 0.2) is 0 Å². The molecule has 1 aliphatic rings. The Hall–Kier alpha value is -1.88. The summed E-state index contributed by atoms with van der Waals surface area (Å²) in [5, 5.41) is 0. The highest BCUT2D eigenvalue weighted by Gasteiger charge is 2.20. The van der Waals surface area contributed by atoms with Gasteiger partial charge in [-0.25, -0.2) is 4.98 Å². The van der Waals surface area contributed by atoms with Crippen LogP contribution in [-0.2, 0) is 0 Å². The smallest absolute Gasteiger partial charge is 0.254 e. The third kappa shape index (κ3) is 3.42. The molecule has 0 aliphatic carbocycles. The van der Waals surface area contributed by atoms with Gasteiger partial charge in [-0.1, -0.05) is 13.8 Å². The van der Waals surface area contributed by atoms with E-state index < -0.39 is 0 Å². The Bertz CT molecular complexity index is 612. The number of amides is 1. The van der Waals surface area contributed by atoms with E-state index in [1.54, 1.807) is 0 Å². The molecule has 1 aliphatic heterocycles. The first-order valence-electron chi connectivity index (χ1n) is 7.58. The maximum absolute atomic E-state index is 12.4. The van der Waals surface area contributed by atoms with Crippen LogP contribution in [0.5, 0.6) is 0 Å². The fourth-order valence-corrected chi connectivity index (χ4v) is 2.46. The molecule has 5 heteroatoms. The number of aromatic nitrogens is 2. The number of benzene rings is 1. The summed E-state index contributed by atoms with van der Waals surface area (Å²) < 4.78 is 0. The van der Waals surface area contributed by atoms with Gasteiger partial charge in [0.25, 0.3) is 5.91 Å². The minimum absolute atomic E-state index is 0.113. The van der Waals surface area contributed by atoms with Crippen molar-refractivity contribution < 1.29 is 4.79 Å². The van der Waals surface area contributed by atoms with Gasteiger partial charge in [0.2, 0.25) is 0 Å². The topological polar surface area (TPSA) is 52.2 Å². The van der Waals surface area contributed by atoms with E-state index >= 15 is 0 Å². The highest BCUT2D eigenvalue weighted by Crippen LogP contribution is 2.15. The summed E-state index contributed by atoms with van der Waals surface area (Å²) in [6.45, 7) is 9.40. The number of carbonyl (C=O) groups is 1. The molecular weight excluding hydrogens is 264 g/mol. The van der Waals surface area contributed by atoms with Crippen LogP contribution in [0.2, 0.25) is 0 Å². The Morgan fingerprint density at radius 1 is 1.19 bits per heavy atom. The second kappa shape index (κ2) is 6.72. The summed E-state index contributed by atoms with van der Waals surface area (Å²) in [6.07, 6.45) is 0. The van der Waals surface area contributed by atoms with Crippen LogP contribution in [0.25, 0.3) is 11.0 Å². The molecule has 1 amide bonds. The Balaban J connectivity index is 0.000000774. The van der Waals surface area contributed by atoms with Gasteiger partial charge in [0.05, 0.1) is 11.0 Å². The molecule has 0 radical (unpaired) electrons. The highest BCUT2D eigenvalue weighted by molar-refractivity contribution is 5.97. The van der Waals surface area contributed by atoms with Crippen molar-refractivity contribution in [3.63, 3.8) is 0 Å². The quantitative estimate of drug-likeness (QED) is 0.876. The monoisotopic (exact) mass is 288 g/mol. The second-order valence-corrected chi connectivity index (χ2v) is 5.15. The van der Waals surface area contributed by atoms with E-state index in [0.29, 0.717) is 0 Å². The van der Waals surface area contributed by atoms with Gasteiger partial charge in [-0.15, -0.1) is 0 Å². The molecule has 1 saturated heterocycles. The lowest BCUT2D eigenvalue weighted by atomic mass is 10.1. The standard InChI is InChI=1S/C14H18N4O.C2H6/c1-10-15-12-4-3-11(9-13(12)16-10)14(19)18-7-5-17(2)6-8-18;1-2/h3-4,9H,5-8H2,1-2H3,(H,15,16);1-2H3. The van der Waals surface area contributed by atoms with Crippen LogP contribution in [0.4, 0.5) is 0 Å². The van der Waals surface area contributed by atoms with Crippen LogP contribution in [-0.4, -0.2) is 58.9 Å². The highest BCUT2D eigenvalue weighted by atomic mass is 16.2. The molecule has 1 aromatic carbocycles. The van der Waals surface area contributed by atoms with Crippen LogP contribution < -0.4 is 0 Å². The first-order valence-corrected chi connectivity index (χ1v) is 7.58. The molecule has 2 heterocycles. The van der Waals surface area contributed by atoms with E-state index in [0.717, 1.165) is 48.6 Å². The number of aromatic amines is 1. The average molecular weight is 288 g/mol. The van der Waals surface area contributed by atoms with Crippen molar-refractivity contribution in [3.05, 3.63) is 29.6 Å². The number of likely N-dealkylation sites (N-methyl/N-ethyl adjacent to an activating group) is 1. The maximum Gasteiger partial charge on any atom is 0.254 e. The molecule has 3 rings (SSSR count). The number of rotatable bonds is 1. The zero-order valence-electron chi connectivity index (χ0n) is 13.3. The number of H-pyrrole nitrogens is 1. The number of hydrogen-bond donors (Lipinski definition) is 1. The van der Waals surface area contributed by atoms with Crippen LogP contribution in [0.15, 0.2) is 18.2 Å². The molecule has 114 valence electrons. The van der Waals surface area contributed by atoms with Crippen molar-refractivity contribution in [1.29, 1.82) is 0 Å². The number of aryl methyl sites for hydroxylation is 1. The zero-order valence-corrected chi connectivity index (χ0v) is 13.3. The van der Waals surface area contributed by atoms with E-state index in [-0.39, 0.29) is 5.91 Å². The SMILES string of the molecule is CC.Cc1nc2ccc(C(=O)N3CCN(C)CC3)cc2[nH]1. The fourth-order valence-electron chi connectivity index (χ4n) is 2.46. The summed E-state index contributed by atoms with van der Waals surface area (Å²) in [4.78, 5) is 24.1. The number of piperazine rings is 1. The molecule has 0 saturated carbocycles. The van der Waals surface area contributed by atoms with Gasteiger partial charge in [0, 0.05) is 31.7 Å². The molecule has 0 atom stereocenters. The Kier molecular flexibility index (Phi) is 4.96. The van der Waals surface area contributed by atoms with Crippen molar-refractivity contribution >= 4 is 16.9 Å². The van der Waals surface area contributed by atoms with Crippen LogP contribution in [0, 0.1) is 6.92 Å². The van der Waals surface area contributed by atoms with E-state index in [9.17, 15) is 4.79 Å². The van der Waals surface area contributed by atoms with Crippen molar-refractivity contribution in [2.24, 2.45) is 0 Å². The Labute approximate surface area is 126 Å². The summed E-state index contributed by atoms with van der Waals surface area (Å²) >= 11 is 0. The average Bonchev–Trinajstić information content (AvgIpc) is 2.88. The lowest BCUT2D eigenvalue weighted by Crippen LogP contribution is -2.47. The number of hydrogen-bond acceptors (Lipinski definition) is 3. The minimum atomic E-state index is 0.113. The predicted octanol–water partition coefficient (Wildman–Crippen LogP) is 2.29. The number of carbonyl (C=O) groups excluding carboxylic acids is 1. The van der Waals surface area contributed by atoms with Gasteiger partial charge in [0.1, 0.15) is 5.82 Å². The first-order chi connectivity index (χ1) is 10.1. The molecule has 1 aromatic heterocycles. The number of nitrogens with zero attached hydrogens (tertiary/aromatic N) is 3. The third-order valence-corrected chi connectivity index (χ3v) is 3.64. The van der Waals surface area contributed by atoms with Gasteiger partial charge in [-0.2, -0.15) is 0 Å². The molecule has 0 bridgehead atoms. The number of imidazole rings is 1. The number of fused-ring (bicyclic) bond motifs is 1. The van der Waals surface area contributed by atoms with Crippen molar-refractivity contribution in [1.82, 2.24) is 19.8 Å². The molecule has 21 heavy (non-hydrogen) atoms. The largest absolute Gasteiger partial charge is 0.342 e. The van der Waals surface area contributed by atoms with E-state index in [1.807, 2.05) is 43.9 Å². The van der Waals surface area contributed by atoms with Crippen LogP contribution in [0.3, 0.4) is 0 Å². The summed E-state index contributed by atoms with van der Waals surface area (Å²) in [6, 6.07) is 5.67. The first kappa shape index (κ1) is 15.5. The van der Waals surface area contributed by atoms with Crippen molar-refractivity contribution in [2.45, 2.75) is 20.8 Å². The van der Waals surface area contributed by atoms with E-state index in [4.69, 9.17) is 0 Å². The van der Waals surface area contributed by atoms with Gasteiger partial charge < -0.3 is 14.8 Å². The predicted molar refractivity (Wildman–Crippen MR) is 85.6 cm³/mol. The minimum Gasteiger partial charge on any atom is -0.342 e. The van der Waals surface area contributed by atoms with Gasteiger partial charge in [-0.3, -0.25) is 4.79 Å². The molecule has 1 N–H and O–H groups in total. The second-order valence-electron chi connectivity index (χ2n) is 5.15. The molecular formula is C16H24N4O. The molecule has 5 nitrogen and oxygen atoms in total. The zero-order chi connectivity index (χ0) is 15.4. The molecule has 0 spiro atoms. The Morgan fingerprint density at radius 2 is 1.86 bits per heavy atom. The molecule has 0 unspecified atom stereocenters. The van der Waals surface area contributed by atoms with E-state index in [2.05, 4.69) is 21.9 Å². The van der Waals surface area contributed by atoms with Crippen LogP contribution >= 0.6 is 0 Å². The van der Waals surface area contributed by atoms with Gasteiger partial charge >= 0.3 is 0 Å². The van der Waals surface area contributed by atoms with Crippen LogP contribution in [0.1, 0.15) is 30.0 Å². The van der Waals surface area contributed by atoms with Crippen molar-refractivity contribution in [3.8, 4) is 0 Å². The lowest BCUT2D eigenvalue weighted by Gasteiger charge is -2.32. The molecule has 2 aromatic rings. The van der Waals surface area contributed by atoms with E-state index in [1.165, 1.54) is 0 Å². The maximum atomic E-state index is 12.4. The number of nitrogens with one attached hydrogen (secondary N) is 1. The fraction of sp³-hybridized carbons (Fsp3) is 0.500. The van der Waals surface area contributed by atoms with Gasteiger partial charge in [-0.05, 0) is 32.2 Å². The summed E-state index contributed by atoms with van der Waals surface area (Å²) in [5.74, 6) is 0.987. The summed E-state index contributed by atoms with van der Waals surface area (Å²) in [5.41, 5.74) is 2.57. The Morgan fingerprint density at radius 3 is 2.52 bits per heavy atom. The lowest BCUT2D eigenvalue weighted by molar-refractivity contribution is 0.0664. The third-order valence-electron chi connectivity index (χ3n) is 3.64.